The minimum atomic E-state index is -0.259. The fourth-order valence-electron chi connectivity index (χ4n) is 1.17. The van der Waals surface area contributed by atoms with Crippen LogP contribution in [0.15, 0.2) is 41.2 Å². The van der Waals surface area contributed by atoms with Crippen LogP contribution in [-0.2, 0) is 0 Å². The molecule has 1 heterocycles. The van der Waals surface area contributed by atoms with Crippen molar-refractivity contribution in [1.29, 1.82) is 0 Å². The maximum atomic E-state index is 12.6. The lowest BCUT2D eigenvalue weighted by Crippen LogP contribution is -1.84. The summed E-state index contributed by atoms with van der Waals surface area (Å²) in [6.07, 6.45) is 3.00. The minimum Gasteiger partial charge on any atom is -0.470 e. The zero-order valence-corrected chi connectivity index (χ0v) is 6.83. The average molecular weight is 177 g/mol. The molecule has 0 aliphatic rings. The Kier molecular flexibility index (Phi) is 1.77. The Morgan fingerprint density at radius 3 is 2.31 bits per heavy atom. The molecule has 2 N–H and O–H groups in total. The molecule has 2 nitrogen and oxygen atoms in total. The number of anilines is 1. The molecule has 13 heavy (non-hydrogen) atoms. The molecule has 3 heteroatoms. The number of rotatable bonds is 1. The molecule has 0 amide bonds. The van der Waals surface area contributed by atoms with Crippen LogP contribution in [0.2, 0.25) is 0 Å². The van der Waals surface area contributed by atoms with E-state index in [1.165, 1.54) is 18.4 Å². The summed E-state index contributed by atoms with van der Waals surface area (Å²) in [6, 6.07) is 6.11. The van der Waals surface area contributed by atoms with E-state index in [0.717, 1.165) is 11.1 Å². The summed E-state index contributed by atoms with van der Waals surface area (Å²) >= 11 is 0. The van der Waals surface area contributed by atoms with Gasteiger partial charge in [0.1, 0.15) is 18.3 Å². The maximum Gasteiger partial charge on any atom is 0.123 e. The predicted octanol–water partition coefficient (Wildman–Crippen LogP) is 2.67. The first-order chi connectivity index (χ1) is 6.27. The Morgan fingerprint density at radius 1 is 1.08 bits per heavy atom. The summed E-state index contributed by atoms with van der Waals surface area (Å²) in [5.74, 6) is -0.259. The third kappa shape index (κ3) is 1.40. The molecule has 0 bridgehead atoms. The molecule has 2 aromatic rings. The normalized spacial score (nSPS) is 10.2. The van der Waals surface area contributed by atoms with Crippen LogP contribution in [0.25, 0.3) is 11.1 Å². The lowest BCUT2D eigenvalue weighted by Gasteiger charge is -1.97. The third-order valence-electron chi connectivity index (χ3n) is 1.85. The van der Waals surface area contributed by atoms with E-state index in [-0.39, 0.29) is 5.82 Å². The first kappa shape index (κ1) is 7.86. The summed E-state index contributed by atoms with van der Waals surface area (Å²) in [4.78, 5) is 0. The highest BCUT2D eigenvalue weighted by molar-refractivity contribution is 5.74. The van der Waals surface area contributed by atoms with Gasteiger partial charge in [0.05, 0.1) is 5.69 Å². The van der Waals surface area contributed by atoms with Gasteiger partial charge in [-0.1, -0.05) is 12.1 Å². The monoisotopic (exact) mass is 177 g/mol. The zero-order chi connectivity index (χ0) is 9.26. The predicted molar refractivity (Wildman–Crippen MR) is 48.5 cm³/mol. The Labute approximate surface area is 74.8 Å². The van der Waals surface area contributed by atoms with Crippen LogP contribution in [0.4, 0.5) is 10.1 Å². The molecular weight excluding hydrogens is 169 g/mol. The summed E-state index contributed by atoms with van der Waals surface area (Å²) in [6.45, 7) is 0. The van der Waals surface area contributed by atoms with Crippen LogP contribution in [0.1, 0.15) is 0 Å². The standard InChI is InChI=1S/C10H8FNO/c11-8-3-1-7(2-4-8)9-5-13-6-10(9)12/h1-6H,12H2. The van der Waals surface area contributed by atoms with Crippen molar-refractivity contribution < 1.29 is 8.81 Å². The van der Waals surface area contributed by atoms with Crippen LogP contribution in [0.3, 0.4) is 0 Å². The van der Waals surface area contributed by atoms with E-state index in [1.807, 2.05) is 0 Å². The summed E-state index contributed by atoms with van der Waals surface area (Å²) in [5.41, 5.74) is 7.83. The first-order valence-electron chi connectivity index (χ1n) is 3.85. The Balaban J connectivity index is 2.47. The van der Waals surface area contributed by atoms with Crippen molar-refractivity contribution in [2.75, 3.05) is 5.73 Å². The van der Waals surface area contributed by atoms with E-state index >= 15 is 0 Å². The molecule has 0 atom stereocenters. The molecule has 66 valence electrons. The van der Waals surface area contributed by atoms with Gasteiger partial charge in [0.2, 0.25) is 0 Å². The van der Waals surface area contributed by atoms with Gasteiger partial charge in [-0.3, -0.25) is 0 Å². The van der Waals surface area contributed by atoms with Gasteiger partial charge in [0.15, 0.2) is 0 Å². The number of nitrogens with two attached hydrogens (primary N) is 1. The zero-order valence-electron chi connectivity index (χ0n) is 6.83. The highest BCUT2D eigenvalue weighted by Crippen LogP contribution is 2.26. The first-order valence-corrected chi connectivity index (χ1v) is 3.85. The lowest BCUT2D eigenvalue weighted by atomic mass is 10.1. The molecule has 2 rings (SSSR count). The van der Waals surface area contributed by atoms with Gasteiger partial charge < -0.3 is 10.2 Å². The molecule has 1 aromatic carbocycles. The second-order valence-corrected chi connectivity index (χ2v) is 2.75. The topological polar surface area (TPSA) is 39.2 Å². The lowest BCUT2D eigenvalue weighted by molar-refractivity contribution is 0.569. The maximum absolute atomic E-state index is 12.6. The quantitative estimate of drug-likeness (QED) is 0.727. The molecule has 1 aromatic heterocycles. The summed E-state index contributed by atoms with van der Waals surface area (Å²) in [7, 11) is 0. The smallest absolute Gasteiger partial charge is 0.123 e. The molecule has 0 aliphatic heterocycles. The van der Waals surface area contributed by atoms with Gasteiger partial charge in [0.25, 0.3) is 0 Å². The largest absolute Gasteiger partial charge is 0.470 e. The van der Waals surface area contributed by atoms with Crippen LogP contribution in [0, 0.1) is 5.82 Å². The second kappa shape index (κ2) is 2.94. The molecule has 0 fully saturated rings. The molecule has 0 unspecified atom stereocenters. The molecule has 0 saturated carbocycles. The molecule has 0 spiro atoms. The van der Waals surface area contributed by atoms with E-state index in [0.29, 0.717) is 5.69 Å². The highest BCUT2D eigenvalue weighted by atomic mass is 19.1. The van der Waals surface area contributed by atoms with Crippen molar-refractivity contribution in [3.63, 3.8) is 0 Å². The number of hydrogen-bond donors (Lipinski definition) is 1. The summed E-state index contributed by atoms with van der Waals surface area (Å²) < 4.78 is 17.5. The van der Waals surface area contributed by atoms with E-state index in [9.17, 15) is 4.39 Å². The number of halogens is 1. The number of hydrogen-bond acceptors (Lipinski definition) is 2. The minimum absolute atomic E-state index is 0.259. The van der Waals surface area contributed by atoms with E-state index in [1.54, 1.807) is 18.4 Å². The van der Waals surface area contributed by atoms with Crippen LogP contribution < -0.4 is 5.73 Å². The van der Waals surface area contributed by atoms with Crippen molar-refractivity contribution in [3.8, 4) is 11.1 Å². The summed E-state index contributed by atoms with van der Waals surface area (Å²) in [5, 5.41) is 0. The van der Waals surface area contributed by atoms with Gasteiger partial charge in [-0.05, 0) is 17.7 Å². The number of furan rings is 1. The van der Waals surface area contributed by atoms with Crippen molar-refractivity contribution in [2.45, 2.75) is 0 Å². The van der Waals surface area contributed by atoms with Crippen molar-refractivity contribution in [3.05, 3.63) is 42.6 Å². The fraction of sp³-hybridized carbons (Fsp3) is 0. The van der Waals surface area contributed by atoms with Crippen LogP contribution in [-0.4, -0.2) is 0 Å². The van der Waals surface area contributed by atoms with Crippen molar-refractivity contribution in [1.82, 2.24) is 0 Å². The molecule has 0 aliphatic carbocycles. The molecular formula is C10H8FNO. The van der Waals surface area contributed by atoms with E-state index in [2.05, 4.69) is 0 Å². The Hall–Kier alpha value is -1.77. The number of benzene rings is 1. The van der Waals surface area contributed by atoms with Gasteiger partial charge >= 0.3 is 0 Å². The fourth-order valence-corrected chi connectivity index (χ4v) is 1.17. The van der Waals surface area contributed by atoms with Crippen LogP contribution >= 0.6 is 0 Å². The van der Waals surface area contributed by atoms with E-state index in [4.69, 9.17) is 10.2 Å². The van der Waals surface area contributed by atoms with Crippen LogP contribution in [0.5, 0.6) is 0 Å². The Morgan fingerprint density at radius 2 is 1.77 bits per heavy atom. The highest BCUT2D eigenvalue weighted by Gasteiger charge is 2.03. The molecule has 0 saturated heterocycles. The van der Waals surface area contributed by atoms with Gasteiger partial charge in [0, 0.05) is 5.56 Å². The van der Waals surface area contributed by atoms with Gasteiger partial charge in [-0.2, -0.15) is 0 Å². The average Bonchev–Trinajstić information content (AvgIpc) is 2.53. The third-order valence-corrected chi connectivity index (χ3v) is 1.85. The van der Waals surface area contributed by atoms with E-state index < -0.39 is 0 Å². The second-order valence-electron chi connectivity index (χ2n) is 2.75. The van der Waals surface area contributed by atoms with Crippen molar-refractivity contribution >= 4 is 5.69 Å². The van der Waals surface area contributed by atoms with Gasteiger partial charge in [-0.15, -0.1) is 0 Å². The van der Waals surface area contributed by atoms with Crippen molar-refractivity contribution in [2.24, 2.45) is 0 Å². The Bertz CT molecular complexity index is 405. The molecule has 0 radical (unpaired) electrons. The van der Waals surface area contributed by atoms with Gasteiger partial charge in [-0.25, -0.2) is 4.39 Å². The number of nitrogen functional groups attached to an aromatic ring is 1. The SMILES string of the molecule is Nc1cocc1-c1ccc(F)cc1.